The van der Waals surface area contributed by atoms with E-state index in [1.807, 2.05) is 0 Å². The van der Waals surface area contributed by atoms with Crippen molar-refractivity contribution in [3.8, 4) is 22.8 Å². The van der Waals surface area contributed by atoms with Gasteiger partial charge in [-0.3, -0.25) is 0 Å². The molecule has 5 nitrogen and oxygen atoms in total. The fourth-order valence-corrected chi connectivity index (χ4v) is 1.74. The van der Waals surface area contributed by atoms with E-state index in [1.165, 1.54) is 26.4 Å². The molecule has 2 N–H and O–H groups in total. The number of alkyl halides is 3. The van der Waals surface area contributed by atoms with Gasteiger partial charge in [-0.15, -0.1) is 0 Å². The van der Waals surface area contributed by atoms with Crippen molar-refractivity contribution >= 4 is 5.82 Å². The molecule has 112 valence electrons. The van der Waals surface area contributed by atoms with E-state index < -0.39 is 12.0 Å². The predicted octanol–water partition coefficient (Wildman–Crippen LogP) is 2.76. The van der Waals surface area contributed by atoms with Crippen LogP contribution < -0.4 is 15.2 Å². The molecule has 0 atom stereocenters. The highest BCUT2D eigenvalue weighted by Gasteiger charge is 2.35. The summed E-state index contributed by atoms with van der Waals surface area (Å²) in [6.07, 6.45) is -4.67. The van der Waals surface area contributed by atoms with Gasteiger partial charge in [0.2, 0.25) is 5.82 Å². The van der Waals surface area contributed by atoms with Gasteiger partial charge in [-0.25, -0.2) is 9.97 Å². The standard InChI is InChI=1S/C13H12F3N3O2/c1-20-9-4-3-7(5-10(9)21-2)8-6-11(17)19-12(18-8)13(14,15)16/h3-6H,1-2H3,(H2,17,18,19). The smallest absolute Gasteiger partial charge is 0.451 e. The van der Waals surface area contributed by atoms with Gasteiger partial charge in [-0.05, 0) is 18.2 Å². The lowest BCUT2D eigenvalue weighted by atomic mass is 10.1. The first-order chi connectivity index (χ1) is 9.85. The highest BCUT2D eigenvalue weighted by atomic mass is 19.4. The van der Waals surface area contributed by atoms with Crippen LogP contribution in [0.15, 0.2) is 24.3 Å². The average molecular weight is 299 g/mol. The SMILES string of the molecule is COc1ccc(-c2cc(N)nc(C(F)(F)F)n2)cc1OC. The van der Waals surface area contributed by atoms with E-state index in [2.05, 4.69) is 9.97 Å². The molecule has 1 aromatic carbocycles. The molecule has 0 fully saturated rings. The molecular formula is C13H12F3N3O2. The Morgan fingerprint density at radius 2 is 1.67 bits per heavy atom. The normalized spacial score (nSPS) is 11.3. The zero-order valence-corrected chi connectivity index (χ0v) is 11.2. The first-order valence-electron chi connectivity index (χ1n) is 5.79. The summed E-state index contributed by atoms with van der Waals surface area (Å²) >= 11 is 0. The fourth-order valence-electron chi connectivity index (χ4n) is 1.74. The summed E-state index contributed by atoms with van der Waals surface area (Å²) in [6.45, 7) is 0. The highest BCUT2D eigenvalue weighted by molar-refractivity contribution is 5.66. The van der Waals surface area contributed by atoms with Crippen molar-refractivity contribution in [2.45, 2.75) is 6.18 Å². The Bertz CT molecular complexity index is 660. The van der Waals surface area contributed by atoms with Crippen LogP contribution in [0.25, 0.3) is 11.3 Å². The zero-order chi connectivity index (χ0) is 15.6. The predicted molar refractivity (Wildman–Crippen MR) is 70.0 cm³/mol. The number of hydrogen-bond acceptors (Lipinski definition) is 5. The summed E-state index contributed by atoms with van der Waals surface area (Å²) in [5.74, 6) is -0.713. The van der Waals surface area contributed by atoms with Crippen molar-refractivity contribution in [1.82, 2.24) is 9.97 Å². The molecule has 1 aromatic heterocycles. The fraction of sp³-hybridized carbons (Fsp3) is 0.231. The van der Waals surface area contributed by atoms with Gasteiger partial charge >= 0.3 is 6.18 Å². The molecule has 8 heteroatoms. The summed E-state index contributed by atoms with van der Waals surface area (Å²) in [6, 6.07) is 5.90. The van der Waals surface area contributed by atoms with Crippen LogP contribution in [-0.4, -0.2) is 24.2 Å². The number of nitrogens with zero attached hydrogens (tertiary/aromatic N) is 2. The minimum absolute atomic E-state index is 0.0516. The molecule has 2 aromatic rings. The molecule has 0 spiro atoms. The average Bonchev–Trinajstić information content (AvgIpc) is 2.45. The zero-order valence-electron chi connectivity index (χ0n) is 11.2. The van der Waals surface area contributed by atoms with Gasteiger partial charge in [0.15, 0.2) is 11.5 Å². The second kappa shape index (κ2) is 5.47. The van der Waals surface area contributed by atoms with Gasteiger partial charge < -0.3 is 15.2 Å². The second-order valence-electron chi connectivity index (χ2n) is 4.07. The van der Waals surface area contributed by atoms with Gasteiger partial charge in [0.1, 0.15) is 5.82 Å². The molecule has 0 amide bonds. The van der Waals surface area contributed by atoms with E-state index in [0.717, 1.165) is 0 Å². The number of methoxy groups -OCH3 is 2. The Kier molecular flexibility index (Phi) is 3.88. The summed E-state index contributed by atoms with van der Waals surface area (Å²) in [5.41, 5.74) is 5.87. The molecule has 0 radical (unpaired) electrons. The van der Waals surface area contributed by atoms with Crippen LogP contribution in [0.2, 0.25) is 0 Å². The number of halogens is 3. The van der Waals surface area contributed by atoms with Crippen molar-refractivity contribution in [3.05, 3.63) is 30.1 Å². The largest absolute Gasteiger partial charge is 0.493 e. The van der Waals surface area contributed by atoms with E-state index in [4.69, 9.17) is 15.2 Å². The lowest BCUT2D eigenvalue weighted by Gasteiger charge is -2.11. The molecule has 0 saturated heterocycles. The Hall–Kier alpha value is -2.51. The minimum atomic E-state index is -4.67. The third-order valence-electron chi connectivity index (χ3n) is 2.68. The summed E-state index contributed by atoms with van der Waals surface area (Å²) in [5, 5.41) is 0. The topological polar surface area (TPSA) is 70.3 Å². The summed E-state index contributed by atoms with van der Waals surface area (Å²) < 4.78 is 48.3. The quantitative estimate of drug-likeness (QED) is 0.943. The third-order valence-corrected chi connectivity index (χ3v) is 2.68. The number of ether oxygens (including phenoxy) is 2. The van der Waals surface area contributed by atoms with Crippen LogP contribution in [0.1, 0.15) is 5.82 Å². The van der Waals surface area contributed by atoms with Crippen LogP contribution in [0.5, 0.6) is 11.5 Å². The molecule has 0 saturated carbocycles. The van der Waals surface area contributed by atoms with Gasteiger partial charge in [-0.1, -0.05) is 0 Å². The Morgan fingerprint density at radius 1 is 1.00 bits per heavy atom. The number of aromatic nitrogens is 2. The van der Waals surface area contributed by atoms with Crippen molar-refractivity contribution in [3.63, 3.8) is 0 Å². The first-order valence-corrected chi connectivity index (χ1v) is 5.79. The maximum atomic E-state index is 12.7. The van der Waals surface area contributed by atoms with Crippen LogP contribution in [0.4, 0.5) is 19.0 Å². The van der Waals surface area contributed by atoms with Gasteiger partial charge in [0.05, 0.1) is 19.9 Å². The molecule has 21 heavy (non-hydrogen) atoms. The third kappa shape index (κ3) is 3.15. The van der Waals surface area contributed by atoms with E-state index in [1.54, 1.807) is 12.1 Å². The number of anilines is 1. The van der Waals surface area contributed by atoms with Crippen LogP contribution >= 0.6 is 0 Å². The lowest BCUT2D eigenvalue weighted by Crippen LogP contribution is -2.13. The van der Waals surface area contributed by atoms with Gasteiger partial charge in [-0.2, -0.15) is 13.2 Å². The molecule has 0 aliphatic carbocycles. The van der Waals surface area contributed by atoms with Crippen LogP contribution in [0.3, 0.4) is 0 Å². The van der Waals surface area contributed by atoms with Crippen molar-refractivity contribution in [1.29, 1.82) is 0 Å². The minimum Gasteiger partial charge on any atom is -0.493 e. The molecule has 0 bridgehead atoms. The van der Waals surface area contributed by atoms with E-state index in [9.17, 15) is 13.2 Å². The van der Waals surface area contributed by atoms with E-state index >= 15 is 0 Å². The van der Waals surface area contributed by atoms with E-state index in [0.29, 0.717) is 17.1 Å². The number of hydrogen-bond donors (Lipinski definition) is 1. The van der Waals surface area contributed by atoms with Crippen molar-refractivity contribution < 1.29 is 22.6 Å². The number of benzene rings is 1. The maximum Gasteiger partial charge on any atom is 0.451 e. The van der Waals surface area contributed by atoms with Crippen molar-refractivity contribution in [2.75, 3.05) is 20.0 Å². The number of rotatable bonds is 3. The highest BCUT2D eigenvalue weighted by Crippen LogP contribution is 2.33. The Morgan fingerprint density at radius 3 is 2.24 bits per heavy atom. The van der Waals surface area contributed by atoms with Crippen LogP contribution in [0, 0.1) is 0 Å². The van der Waals surface area contributed by atoms with Crippen molar-refractivity contribution in [2.24, 2.45) is 0 Å². The molecule has 2 rings (SSSR count). The van der Waals surface area contributed by atoms with Gasteiger partial charge in [0, 0.05) is 11.6 Å². The van der Waals surface area contributed by atoms with E-state index in [-0.39, 0.29) is 11.5 Å². The molecular weight excluding hydrogens is 287 g/mol. The summed E-state index contributed by atoms with van der Waals surface area (Å²) in [7, 11) is 2.89. The Balaban J connectivity index is 2.54. The second-order valence-corrected chi connectivity index (χ2v) is 4.07. The Labute approximate surface area is 118 Å². The first kappa shape index (κ1) is 14.9. The van der Waals surface area contributed by atoms with Gasteiger partial charge in [0.25, 0.3) is 0 Å². The lowest BCUT2D eigenvalue weighted by molar-refractivity contribution is -0.144. The molecule has 1 heterocycles. The molecule has 0 aliphatic heterocycles. The summed E-state index contributed by atoms with van der Waals surface area (Å²) in [4.78, 5) is 6.69. The number of nitrogens with two attached hydrogens (primary N) is 1. The maximum absolute atomic E-state index is 12.7. The monoisotopic (exact) mass is 299 g/mol. The molecule has 0 aliphatic rings. The number of nitrogen functional groups attached to an aromatic ring is 1. The molecule has 0 unspecified atom stereocenters. The van der Waals surface area contributed by atoms with Crippen LogP contribution in [-0.2, 0) is 6.18 Å².